The summed E-state index contributed by atoms with van der Waals surface area (Å²) < 4.78 is 0. The van der Waals surface area contributed by atoms with Gasteiger partial charge in [-0.05, 0) is 11.6 Å². The average molecular weight is 240 g/mol. The van der Waals surface area contributed by atoms with Gasteiger partial charge in [-0.15, -0.1) is 6.58 Å². The molecular formula is C16H16O2. The van der Waals surface area contributed by atoms with E-state index in [1.54, 1.807) is 30.3 Å². The number of phenolic OH excluding ortho intramolecular Hbond substituents is 1. The van der Waals surface area contributed by atoms with Gasteiger partial charge >= 0.3 is 0 Å². The fourth-order valence-electron chi connectivity index (χ4n) is 2.13. The first-order valence-corrected chi connectivity index (χ1v) is 5.86. The standard InChI is InChI=1S/C16H16O2/c1-2-12-16(18,13-8-4-3-5-9-13)14-10-6-7-11-15(14)17/h2-11,17-18H,1,12H2/t16-/m0/s1. The zero-order chi connectivity index (χ0) is 13.0. The number of hydrogen-bond donors (Lipinski definition) is 2. The molecule has 0 spiro atoms. The van der Waals surface area contributed by atoms with Crippen molar-refractivity contribution in [3.63, 3.8) is 0 Å². The Kier molecular flexibility index (Phi) is 3.49. The minimum absolute atomic E-state index is 0.0886. The van der Waals surface area contributed by atoms with Crippen LogP contribution < -0.4 is 0 Å². The van der Waals surface area contributed by atoms with Crippen LogP contribution in [0.5, 0.6) is 5.75 Å². The Labute approximate surface area is 107 Å². The Bertz CT molecular complexity index is 534. The van der Waals surface area contributed by atoms with E-state index < -0.39 is 5.60 Å². The van der Waals surface area contributed by atoms with Crippen molar-refractivity contribution in [3.05, 3.63) is 78.4 Å². The van der Waals surface area contributed by atoms with E-state index >= 15 is 0 Å². The van der Waals surface area contributed by atoms with E-state index in [1.165, 1.54) is 0 Å². The molecule has 0 aliphatic rings. The smallest absolute Gasteiger partial charge is 0.122 e. The summed E-state index contributed by atoms with van der Waals surface area (Å²) in [5.41, 5.74) is -0.00329. The van der Waals surface area contributed by atoms with E-state index in [2.05, 4.69) is 6.58 Å². The molecule has 2 N–H and O–H groups in total. The second-order valence-electron chi connectivity index (χ2n) is 4.24. The van der Waals surface area contributed by atoms with Crippen LogP contribution in [0.4, 0.5) is 0 Å². The summed E-state index contributed by atoms with van der Waals surface area (Å²) in [6, 6.07) is 16.1. The third kappa shape index (κ3) is 2.15. The van der Waals surface area contributed by atoms with Crippen molar-refractivity contribution in [2.24, 2.45) is 0 Å². The molecule has 0 aliphatic carbocycles. The van der Waals surface area contributed by atoms with Crippen LogP contribution in [0.1, 0.15) is 17.5 Å². The van der Waals surface area contributed by atoms with Gasteiger partial charge in [-0.1, -0.05) is 54.6 Å². The summed E-state index contributed by atoms with van der Waals surface area (Å²) in [7, 11) is 0. The summed E-state index contributed by atoms with van der Waals surface area (Å²) in [6.07, 6.45) is 1.99. The van der Waals surface area contributed by atoms with Crippen LogP contribution >= 0.6 is 0 Å². The van der Waals surface area contributed by atoms with Gasteiger partial charge in [0.2, 0.25) is 0 Å². The third-order valence-electron chi connectivity index (χ3n) is 3.04. The SMILES string of the molecule is C=CC[C@](O)(c1ccccc1)c1ccccc1O. The van der Waals surface area contributed by atoms with Crippen molar-refractivity contribution in [1.82, 2.24) is 0 Å². The summed E-state index contributed by atoms with van der Waals surface area (Å²) in [6.45, 7) is 3.68. The molecule has 2 nitrogen and oxygen atoms in total. The predicted molar refractivity (Wildman–Crippen MR) is 72.4 cm³/mol. The van der Waals surface area contributed by atoms with Gasteiger partial charge < -0.3 is 10.2 Å². The first kappa shape index (κ1) is 12.4. The fraction of sp³-hybridized carbons (Fsp3) is 0.125. The molecule has 0 saturated heterocycles. The lowest BCUT2D eigenvalue weighted by Gasteiger charge is -2.28. The molecule has 0 saturated carbocycles. The van der Waals surface area contributed by atoms with Crippen molar-refractivity contribution in [1.29, 1.82) is 0 Å². The summed E-state index contributed by atoms with van der Waals surface area (Å²) in [4.78, 5) is 0. The molecule has 18 heavy (non-hydrogen) atoms. The molecule has 0 heterocycles. The zero-order valence-corrected chi connectivity index (χ0v) is 10.1. The molecule has 0 amide bonds. The summed E-state index contributed by atoms with van der Waals surface area (Å²) in [5, 5.41) is 20.8. The van der Waals surface area contributed by atoms with E-state index in [4.69, 9.17) is 0 Å². The second-order valence-corrected chi connectivity index (χ2v) is 4.24. The fourth-order valence-corrected chi connectivity index (χ4v) is 2.13. The average Bonchev–Trinajstić information content (AvgIpc) is 2.40. The first-order valence-electron chi connectivity index (χ1n) is 5.86. The van der Waals surface area contributed by atoms with Gasteiger partial charge in [0, 0.05) is 12.0 Å². The minimum Gasteiger partial charge on any atom is -0.508 e. The molecule has 2 aromatic rings. The molecule has 0 aliphatic heterocycles. The molecule has 2 heteroatoms. The number of phenols is 1. The molecule has 0 fully saturated rings. The van der Waals surface area contributed by atoms with Gasteiger partial charge in [-0.3, -0.25) is 0 Å². The quantitative estimate of drug-likeness (QED) is 0.806. The molecule has 0 unspecified atom stereocenters. The number of hydrogen-bond acceptors (Lipinski definition) is 2. The molecule has 0 aromatic heterocycles. The van der Waals surface area contributed by atoms with E-state index in [0.717, 1.165) is 5.56 Å². The molecule has 1 atom stereocenters. The lowest BCUT2D eigenvalue weighted by Crippen LogP contribution is -2.26. The Balaban J connectivity index is 2.58. The Morgan fingerprint density at radius 3 is 2.22 bits per heavy atom. The number of para-hydroxylation sites is 1. The van der Waals surface area contributed by atoms with Crippen LogP contribution in [0.2, 0.25) is 0 Å². The van der Waals surface area contributed by atoms with Crippen LogP contribution in [0.15, 0.2) is 67.3 Å². The maximum absolute atomic E-state index is 10.9. The van der Waals surface area contributed by atoms with E-state index in [1.807, 2.05) is 30.3 Å². The highest BCUT2D eigenvalue weighted by Crippen LogP contribution is 2.37. The molecule has 0 radical (unpaired) electrons. The van der Waals surface area contributed by atoms with Crippen LogP contribution in [-0.2, 0) is 5.60 Å². The van der Waals surface area contributed by atoms with Crippen molar-refractivity contribution < 1.29 is 10.2 Å². The van der Waals surface area contributed by atoms with Gasteiger partial charge in [0.15, 0.2) is 0 Å². The highest BCUT2D eigenvalue weighted by atomic mass is 16.3. The van der Waals surface area contributed by atoms with E-state index in [9.17, 15) is 10.2 Å². The molecule has 2 aromatic carbocycles. The third-order valence-corrected chi connectivity index (χ3v) is 3.04. The van der Waals surface area contributed by atoms with Crippen LogP contribution in [0, 0.1) is 0 Å². The van der Waals surface area contributed by atoms with Crippen molar-refractivity contribution >= 4 is 0 Å². The normalized spacial score (nSPS) is 13.8. The topological polar surface area (TPSA) is 40.5 Å². The largest absolute Gasteiger partial charge is 0.508 e. The first-order chi connectivity index (χ1) is 8.68. The zero-order valence-electron chi connectivity index (χ0n) is 10.1. The Morgan fingerprint density at radius 1 is 1.00 bits per heavy atom. The maximum Gasteiger partial charge on any atom is 0.122 e. The van der Waals surface area contributed by atoms with Crippen molar-refractivity contribution in [2.45, 2.75) is 12.0 Å². The highest BCUT2D eigenvalue weighted by molar-refractivity contribution is 5.44. The van der Waals surface area contributed by atoms with Crippen molar-refractivity contribution in [3.8, 4) is 5.75 Å². The number of rotatable bonds is 4. The lowest BCUT2D eigenvalue weighted by atomic mass is 9.83. The van der Waals surface area contributed by atoms with Gasteiger partial charge in [-0.2, -0.15) is 0 Å². The van der Waals surface area contributed by atoms with Crippen LogP contribution in [0.25, 0.3) is 0 Å². The van der Waals surface area contributed by atoms with Crippen LogP contribution in [0.3, 0.4) is 0 Å². The van der Waals surface area contributed by atoms with E-state index in [0.29, 0.717) is 12.0 Å². The minimum atomic E-state index is -1.24. The Hall–Kier alpha value is -2.06. The van der Waals surface area contributed by atoms with Crippen molar-refractivity contribution in [2.75, 3.05) is 0 Å². The van der Waals surface area contributed by atoms with Crippen LogP contribution in [-0.4, -0.2) is 10.2 Å². The summed E-state index contributed by atoms with van der Waals surface area (Å²) in [5.74, 6) is 0.0886. The second kappa shape index (κ2) is 5.07. The van der Waals surface area contributed by atoms with Gasteiger partial charge in [-0.25, -0.2) is 0 Å². The molecule has 0 bridgehead atoms. The number of aromatic hydroxyl groups is 1. The monoisotopic (exact) mass is 240 g/mol. The summed E-state index contributed by atoms with van der Waals surface area (Å²) >= 11 is 0. The van der Waals surface area contributed by atoms with Gasteiger partial charge in [0.05, 0.1) is 0 Å². The predicted octanol–water partition coefficient (Wildman–Crippen LogP) is 3.20. The Morgan fingerprint density at radius 2 is 1.61 bits per heavy atom. The highest BCUT2D eigenvalue weighted by Gasteiger charge is 2.32. The molecule has 92 valence electrons. The number of benzene rings is 2. The molecule has 2 rings (SSSR count). The van der Waals surface area contributed by atoms with E-state index in [-0.39, 0.29) is 5.75 Å². The van der Waals surface area contributed by atoms with Gasteiger partial charge in [0.25, 0.3) is 0 Å². The van der Waals surface area contributed by atoms with Gasteiger partial charge in [0.1, 0.15) is 11.4 Å². The molecular weight excluding hydrogens is 224 g/mol. The maximum atomic E-state index is 10.9. The lowest BCUT2D eigenvalue weighted by molar-refractivity contribution is 0.0814. The number of aliphatic hydroxyl groups is 1.